The fraction of sp³-hybridized carbons (Fsp3) is 0.227. The Balaban J connectivity index is 1.49. The number of rotatable bonds is 4. The molecule has 1 aromatic heterocycles. The monoisotopic (exact) mass is 426 g/mol. The maximum atomic E-state index is 12.7. The highest BCUT2D eigenvalue weighted by Crippen LogP contribution is 2.28. The summed E-state index contributed by atoms with van der Waals surface area (Å²) in [5.74, 6) is -0.318. The zero-order valence-corrected chi connectivity index (χ0v) is 17.9. The molecule has 0 fully saturated rings. The van der Waals surface area contributed by atoms with Gasteiger partial charge in [0.25, 0.3) is 5.91 Å². The fourth-order valence-electron chi connectivity index (χ4n) is 3.50. The average molecular weight is 427 g/mol. The van der Waals surface area contributed by atoms with Gasteiger partial charge in [0.15, 0.2) is 9.84 Å². The highest BCUT2D eigenvalue weighted by atomic mass is 32.2. The van der Waals surface area contributed by atoms with E-state index < -0.39 is 9.84 Å². The SMILES string of the molecule is Cc1ccc(S(C)(=O)=O)cc1C(=O)Nc1ccc(N2CCc3sccc3C2)cc1. The topological polar surface area (TPSA) is 66.5 Å². The first-order chi connectivity index (χ1) is 13.8. The minimum Gasteiger partial charge on any atom is -0.367 e. The number of hydrogen-bond donors (Lipinski definition) is 1. The standard InChI is InChI=1S/C22H22N2O3S2/c1-15-3-8-19(29(2,26)27)13-20(15)22(25)23-17-4-6-18(7-5-17)24-11-9-21-16(14-24)10-12-28-21/h3-8,10,12-13H,9,11,14H2,1-2H3,(H,23,25). The Morgan fingerprint density at radius 1 is 1.10 bits per heavy atom. The number of sulfone groups is 1. The molecule has 3 aromatic rings. The van der Waals surface area contributed by atoms with Crippen molar-refractivity contribution in [1.29, 1.82) is 0 Å². The van der Waals surface area contributed by atoms with E-state index in [1.54, 1.807) is 13.0 Å². The molecule has 0 radical (unpaired) electrons. The number of benzene rings is 2. The van der Waals surface area contributed by atoms with E-state index >= 15 is 0 Å². The molecular formula is C22H22N2O3S2. The molecule has 1 aliphatic rings. The van der Waals surface area contributed by atoms with E-state index in [1.165, 1.54) is 22.6 Å². The molecule has 0 unspecified atom stereocenters. The van der Waals surface area contributed by atoms with Crippen LogP contribution in [0.4, 0.5) is 11.4 Å². The first-order valence-corrected chi connectivity index (χ1v) is 12.1. The van der Waals surface area contributed by atoms with Crippen LogP contribution in [0.2, 0.25) is 0 Å². The van der Waals surface area contributed by atoms with Crippen LogP contribution in [0, 0.1) is 6.92 Å². The van der Waals surface area contributed by atoms with Crippen molar-refractivity contribution in [2.75, 3.05) is 23.0 Å². The van der Waals surface area contributed by atoms with Gasteiger partial charge in [0.1, 0.15) is 0 Å². The van der Waals surface area contributed by atoms with Crippen molar-refractivity contribution in [2.24, 2.45) is 0 Å². The van der Waals surface area contributed by atoms with E-state index in [1.807, 2.05) is 35.6 Å². The summed E-state index contributed by atoms with van der Waals surface area (Å²) < 4.78 is 23.6. The number of nitrogens with one attached hydrogen (secondary N) is 1. The molecule has 29 heavy (non-hydrogen) atoms. The van der Waals surface area contributed by atoms with Crippen molar-refractivity contribution < 1.29 is 13.2 Å². The summed E-state index contributed by atoms with van der Waals surface area (Å²) in [6, 6.07) is 14.6. The molecule has 0 spiro atoms. The summed E-state index contributed by atoms with van der Waals surface area (Å²) >= 11 is 1.82. The Morgan fingerprint density at radius 3 is 2.59 bits per heavy atom. The number of carbonyl (C=O) groups is 1. The van der Waals surface area contributed by atoms with Crippen molar-refractivity contribution in [2.45, 2.75) is 24.8 Å². The van der Waals surface area contributed by atoms with E-state index in [-0.39, 0.29) is 10.8 Å². The van der Waals surface area contributed by atoms with Crippen LogP contribution >= 0.6 is 11.3 Å². The largest absolute Gasteiger partial charge is 0.367 e. The maximum absolute atomic E-state index is 12.7. The predicted molar refractivity (Wildman–Crippen MR) is 118 cm³/mol. The van der Waals surface area contributed by atoms with Crippen LogP contribution in [0.3, 0.4) is 0 Å². The number of anilines is 2. The zero-order chi connectivity index (χ0) is 20.6. The Kier molecular flexibility index (Phi) is 5.19. The maximum Gasteiger partial charge on any atom is 0.255 e. The fourth-order valence-corrected chi connectivity index (χ4v) is 5.04. The van der Waals surface area contributed by atoms with E-state index in [9.17, 15) is 13.2 Å². The van der Waals surface area contributed by atoms with Gasteiger partial charge in [-0.1, -0.05) is 6.07 Å². The van der Waals surface area contributed by atoms with Gasteiger partial charge in [0, 0.05) is 41.2 Å². The zero-order valence-electron chi connectivity index (χ0n) is 16.3. The van der Waals surface area contributed by atoms with Gasteiger partial charge in [-0.2, -0.15) is 0 Å². The van der Waals surface area contributed by atoms with Gasteiger partial charge in [-0.15, -0.1) is 11.3 Å². The second-order valence-corrected chi connectivity index (χ2v) is 10.3. The number of fused-ring (bicyclic) bond motifs is 1. The lowest BCUT2D eigenvalue weighted by molar-refractivity contribution is 0.102. The summed E-state index contributed by atoms with van der Waals surface area (Å²) in [4.78, 5) is 16.6. The lowest BCUT2D eigenvalue weighted by Crippen LogP contribution is -2.29. The van der Waals surface area contributed by atoms with Gasteiger partial charge in [-0.3, -0.25) is 4.79 Å². The molecule has 0 bridgehead atoms. The number of hydrogen-bond acceptors (Lipinski definition) is 5. The summed E-state index contributed by atoms with van der Waals surface area (Å²) in [7, 11) is -3.37. The number of carbonyl (C=O) groups excluding carboxylic acids is 1. The van der Waals surface area contributed by atoms with Gasteiger partial charge in [0.05, 0.1) is 4.90 Å². The van der Waals surface area contributed by atoms with Crippen molar-refractivity contribution >= 4 is 38.5 Å². The molecule has 2 heterocycles. The number of amides is 1. The highest BCUT2D eigenvalue weighted by Gasteiger charge is 2.18. The van der Waals surface area contributed by atoms with Gasteiger partial charge in [-0.25, -0.2) is 8.42 Å². The van der Waals surface area contributed by atoms with Crippen LogP contribution in [0.15, 0.2) is 58.8 Å². The van der Waals surface area contributed by atoms with Gasteiger partial charge in [-0.05, 0) is 72.3 Å². The van der Waals surface area contributed by atoms with Gasteiger partial charge >= 0.3 is 0 Å². The molecule has 2 aromatic carbocycles. The molecule has 0 atom stereocenters. The van der Waals surface area contributed by atoms with Crippen LogP contribution in [0.5, 0.6) is 0 Å². The summed E-state index contributed by atoms with van der Waals surface area (Å²) in [6.45, 7) is 3.68. The lowest BCUT2D eigenvalue weighted by Gasteiger charge is -2.29. The van der Waals surface area contributed by atoms with Crippen LogP contribution in [0.1, 0.15) is 26.4 Å². The molecule has 5 nitrogen and oxygen atoms in total. The Hall–Kier alpha value is -2.64. The molecule has 1 amide bonds. The van der Waals surface area contributed by atoms with E-state index in [0.717, 1.165) is 37.0 Å². The molecular weight excluding hydrogens is 404 g/mol. The first kappa shape index (κ1) is 19.7. The summed E-state index contributed by atoms with van der Waals surface area (Å²) in [5, 5.41) is 5.02. The molecule has 0 saturated carbocycles. The van der Waals surface area contributed by atoms with Crippen molar-refractivity contribution in [3.8, 4) is 0 Å². The Bertz CT molecular complexity index is 1170. The summed E-state index contributed by atoms with van der Waals surface area (Å²) in [5.41, 5.74) is 4.27. The van der Waals surface area contributed by atoms with Crippen LogP contribution in [-0.4, -0.2) is 27.1 Å². The van der Waals surface area contributed by atoms with Gasteiger partial charge in [0.2, 0.25) is 0 Å². The molecule has 0 saturated heterocycles. The second-order valence-electron chi connectivity index (χ2n) is 7.29. The third-order valence-electron chi connectivity index (χ3n) is 5.18. The minimum absolute atomic E-state index is 0.140. The minimum atomic E-state index is -3.37. The van der Waals surface area contributed by atoms with Gasteiger partial charge < -0.3 is 10.2 Å². The van der Waals surface area contributed by atoms with Crippen LogP contribution in [-0.2, 0) is 22.8 Å². The average Bonchev–Trinajstić information content (AvgIpc) is 3.15. The molecule has 1 aliphatic heterocycles. The van der Waals surface area contributed by atoms with Crippen LogP contribution in [0.25, 0.3) is 0 Å². The van der Waals surface area contributed by atoms with Crippen molar-refractivity contribution in [1.82, 2.24) is 0 Å². The van der Waals surface area contributed by atoms with E-state index in [2.05, 4.69) is 21.7 Å². The molecule has 0 aliphatic carbocycles. The predicted octanol–water partition coefficient (Wildman–Crippen LogP) is 4.28. The highest BCUT2D eigenvalue weighted by molar-refractivity contribution is 7.90. The summed E-state index contributed by atoms with van der Waals surface area (Å²) in [6.07, 6.45) is 2.19. The number of nitrogens with zero attached hydrogens (tertiary/aromatic N) is 1. The molecule has 150 valence electrons. The Morgan fingerprint density at radius 2 is 1.86 bits per heavy atom. The third kappa shape index (κ3) is 4.21. The smallest absolute Gasteiger partial charge is 0.255 e. The number of thiophene rings is 1. The lowest BCUT2D eigenvalue weighted by atomic mass is 10.1. The van der Waals surface area contributed by atoms with E-state index in [4.69, 9.17) is 0 Å². The normalized spacial score (nSPS) is 13.8. The molecule has 1 N–H and O–H groups in total. The number of aryl methyl sites for hydroxylation is 1. The van der Waals surface area contributed by atoms with Crippen molar-refractivity contribution in [3.63, 3.8) is 0 Å². The Labute approximate surface area is 174 Å². The van der Waals surface area contributed by atoms with Crippen LogP contribution < -0.4 is 10.2 Å². The molecule has 4 rings (SSSR count). The third-order valence-corrected chi connectivity index (χ3v) is 7.31. The molecule has 7 heteroatoms. The quantitative estimate of drug-likeness (QED) is 0.676. The first-order valence-electron chi connectivity index (χ1n) is 9.33. The van der Waals surface area contributed by atoms with Crippen molar-refractivity contribution in [3.05, 3.63) is 75.5 Å². The van der Waals surface area contributed by atoms with E-state index in [0.29, 0.717) is 11.3 Å². The second kappa shape index (κ2) is 7.65.